The van der Waals surface area contributed by atoms with Crippen LogP contribution in [-0.2, 0) is 9.59 Å². The predicted octanol–water partition coefficient (Wildman–Crippen LogP) is 1.19. The van der Waals surface area contributed by atoms with Crippen LogP contribution < -0.4 is 16.4 Å². The molecule has 2 rings (SSSR count). The number of thiophene rings is 1. The van der Waals surface area contributed by atoms with Gasteiger partial charge in [0.15, 0.2) is 0 Å². The Morgan fingerprint density at radius 2 is 1.96 bits per heavy atom. The van der Waals surface area contributed by atoms with E-state index in [0.717, 1.165) is 0 Å². The molecule has 0 radical (unpaired) electrons. The van der Waals surface area contributed by atoms with Gasteiger partial charge in [0.2, 0.25) is 11.8 Å². The Labute approximate surface area is 139 Å². The zero-order valence-corrected chi connectivity index (χ0v) is 14.0. The van der Waals surface area contributed by atoms with E-state index in [2.05, 4.69) is 10.6 Å². The Kier molecular flexibility index (Phi) is 5.20. The van der Waals surface area contributed by atoms with Gasteiger partial charge in [-0.3, -0.25) is 14.4 Å². The Bertz CT molecular complexity index is 623. The fraction of sp³-hybridized carbons (Fsp3) is 0.438. The van der Waals surface area contributed by atoms with Gasteiger partial charge in [-0.15, -0.1) is 11.3 Å². The van der Waals surface area contributed by atoms with E-state index < -0.39 is 17.4 Å². The maximum absolute atomic E-state index is 12.5. The van der Waals surface area contributed by atoms with E-state index in [1.54, 1.807) is 31.4 Å². The number of nitrogens with one attached hydrogen (secondary N) is 2. The summed E-state index contributed by atoms with van der Waals surface area (Å²) in [7, 11) is 0. The summed E-state index contributed by atoms with van der Waals surface area (Å²) in [5.41, 5.74) is 4.30. The van der Waals surface area contributed by atoms with Crippen LogP contribution in [0.4, 0.5) is 0 Å². The number of hydrogen-bond acceptors (Lipinski definition) is 4. The van der Waals surface area contributed by atoms with Crippen molar-refractivity contribution in [1.82, 2.24) is 10.6 Å². The van der Waals surface area contributed by atoms with Crippen LogP contribution in [0.25, 0.3) is 0 Å². The highest BCUT2D eigenvalue weighted by atomic mass is 32.1. The Morgan fingerprint density at radius 3 is 2.57 bits per heavy atom. The number of amides is 3. The first-order chi connectivity index (χ1) is 10.8. The summed E-state index contributed by atoms with van der Waals surface area (Å²) < 4.78 is 0. The normalized spacial score (nSPS) is 20.8. The van der Waals surface area contributed by atoms with Crippen LogP contribution >= 0.6 is 11.3 Å². The van der Waals surface area contributed by atoms with Crippen LogP contribution in [-0.4, -0.2) is 29.3 Å². The molecule has 1 aromatic heterocycles. The molecule has 0 unspecified atom stereocenters. The van der Waals surface area contributed by atoms with E-state index in [4.69, 9.17) is 5.73 Å². The van der Waals surface area contributed by atoms with Gasteiger partial charge in [-0.25, -0.2) is 0 Å². The highest BCUT2D eigenvalue weighted by Crippen LogP contribution is 2.20. The zero-order valence-electron chi connectivity index (χ0n) is 13.2. The highest BCUT2D eigenvalue weighted by Gasteiger charge is 2.35. The first kappa shape index (κ1) is 17.2. The lowest BCUT2D eigenvalue weighted by molar-refractivity contribution is -0.128. The highest BCUT2D eigenvalue weighted by molar-refractivity contribution is 7.12. The molecule has 0 saturated carbocycles. The molecule has 1 heterocycles. The van der Waals surface area contributed by atoms with Crippen molar-refractivity contribution in [2.45, 2.75) is 38.3 Å². The van der Waals surface area contributed by atoms with Crippen LogP contribution in [0, 0.1) is 5.92 Å². The molecule has 7 heteroatoms. The van der Waals surface area contributed by atoms with Gasteiger partial charge in [0.05, 0.1) is 10.8 Å². The average Bonchev–Trinajstić information content (AvgIpc) is 3.01. The summed E-state index contributed by atoms with van der Waals surface area (Å²) in [5.74, 6) is -1.49. The first-order valence-electron chi connectivity index (χ1n) is 7.42. The van der Waals surface area contributed by atoms with Gasteiger partial charge in [0, 0.05) is 6.04 Å². The minimum atomic E-state index is -1.09. The first-order valence-corrected chi connectivity index (χ1v) is 8.30. The number of hydrogen-bond donors (Lipinski definition) is 3. The third-order valence-corrected chi connectivity index (χ3v) is 4.72. The van der Waals surface area contributed by atoms with Crippen molar-refractivity contribution >= 4 is 29.1 Å². The molecule has 3 amide bonds. The molecular formula is C16H21N3O3S. The van der Waals surface area contributed by atoms with Crippen molar-refractivity contribution in [2.75, 3.05) is 0 Å². The lowest BCUT2D eigenvalue weighted by atomic mass is 9.87. The second kappa shape index (κ2) is 6.95. The molecule has 1 aliphatic rings. The fourth-order valence-corrected chi connectivity index (χ4v) is 3.07. The molecule has 0 aliphatic heterocycles. The molecule has 0 saturated heterocycles. The summed E-state index contributed by atoms with van der Waals surface area (Å²) in [5, 5.41) is 7.36. The molecule has 1 aliphatic carbocycles. The smallest absolute Gasteiger partial charge is 0.262 e. The van der Waals surface area contributed by atoms with Crippen molar-refractivity contribution in [2.24, 2.45) is 11.7 Å². The van der Waals surface area contributed by atoms with E-state index >= 15 is 0 Å². The third-order valence-electron chi connectivity index (χ3n) is 3.85. The van der Waals surface area contributed by atoms with E-state index in [1.165, 1.54) is 11.3 Å². The maximum atomic E-state index is 12.5. The van der Waals surface area contributed by atoms with Crippen LogP contribution in [0.3, 0.4) is 0 Å². The standard InChI is InChI=1S/C16H21N3O3S/c1-16(2,19-14(21)12-8-5-9-23-12)15(22)18-11-7-4-3-6-10(11)13(17)20/h3-5,8-11H,6-7H2,1-2H3,(H2,17,20)(H,18,22)(H,19,21)/t10-,11-/m1/s1. The van der Waals surface area contributed by atoms with Gasteiger partial charge in [-0.2, -0.15) is 0 Å². The van der Waals surface area contributed by atoms with Crippen LogP contribution in [0.15, 0.2) is 29.7 Å². The molecule has 0 fully saturated rings. The summed E-state index contributed by atoms with van der Waals surface area (Å²) in [4.78, 5) is 36.7. The van der Waals surface area contributed by atoms with Gasteiger partial charge in [0.1, 0.15) is 5.54 Å². The van der Waals surface area contributed by atoms with Crippen LogP contribution in [0.1, 0.15) is 36.4 Å². The SMILES string of the molecule is CC(C)(NC(=O)c1cccs1)C(=O)N[C@@H]1CC=CC[C@H]1C(N)=O. The molecular weight excluding hydrogens is 314 g/mol. The van der Waals surface area contributed by atoms with Crippen LogP contribution in [0.5, 0.6) is 0 Å². The lowest BCUT2D eigenvalue weighted by Gasteiger charge is -2.31. The second-order valence-corrected chi connectivity index (χ2v) is 7.04. The summed E-state index contributed by atoms with van der Waals surface area (Å²) >= 11 is 1.31. The summed E-state index contributed by atoms with van der Waals surface area (Å²) in [6.45, 7) is 3.26. The molecule has 4 N–H and O–H groups in total. The molecule has 23 heavy (non-hydrogen) atoms. The summed E-state index contributed by atoms with van der Waals surface area (Å²) in [6, 6.07) is 3.13. The molecule has 2 atom stereocenters. The maximum Gasteiger partial charge on any atom is 0.262 e. The second-order valence-electron chi connectivity index (χ2n) is 6.09. The van der Waals surface area contributed by atoms with Gasteiger partial charge in [-0.05, 0) is 38.1 Å². The number of nitrogens with two attached hydrogens (primary N) is 1. The number of carbonyl (C=O) groups excluding carboxylic acids is 3. The topological polar surface area (TPSA) is 101 Å². The van der Waals surface area contributed by atoms with Gasteiger partial charge < -0.3 is 16.4 Å². The van der Waals surface area contributed by atoms with Crippen LogP contribution in [0.2, 0.25) is 0 Å². The molecule has 6 nitrogen and oxygen atoms in total. The number of rotatable bonds is 5. The fourth-order valence-electron chi connectivity index (χ4n) is 2.45. The van der Waals surface area contributed by atoms with Gasteiger partial charge in [0.25, 0.3) is 5.91 Å². The summed E-state index contributed by atoms with van der Waals surface area (Å²) in [6.07, 6.45) is 4.87. The molecule has 0 aromatic carbocycles. The largest absolute Gasteiger partial charge is 0.369 e. The van der Waals surface area contributed by atoms with Gasteiger partial charge >= 0.3 is 0 Å². The Hall–Kier alpha value is -2.15. The quantitative estimate of drug-likeness (QED) is 0.705. The van der Waals surface area contributed by atoms with Crippen molar-refractivity contribution in [3.05, 3.63) is 34.5 Å². The molecule has 124 valence electrons. The number of primary amides is 1. The van der Waals surface area contributed by atoms with E-state index in [0.29, 0.717) is 17.7 Å². The number of allylic oxidation sites excluding steroid dienone is 1. The van der Waals surface area contributed by atoms with E-state index in [9.17, 15) is 14.4 Å². The third kappa shape index (κ3) is 4.19. The molecule has 0 bridgehead atoms. The van der Waals surface area contributed by atoms with Crippen molar-refractivity contribution in [1.29, 1.82) is 0 Å². The Balaban J connectivity index is 2.01. The van der Waals surface area contributed by atoms with Gasteiger partial charge in [-0.1, -0.05) is 18.2 Å². The molecule has 1 aromatic rings. The minimum absolute atomic E-state index is 0.296. The monoisotopic (exact) mass is 335 g/mol. The number of carbonyl (C=O) groups is 3. The van der Waals surface area contributed by atoms with Crippen molar-refractivity contribution in [3.8, 4) is 0 Å². The Morgan fingerprint density at radius 1 is 1.26 bits per heavy atom. The zero-order chi connectivity index (χ0) is 17.0. The minimum Gasteiger partial charge on any atom is -0.369 e. The predicted molar refractivity (Wildman–Crippen MR) is 88.9 cm³/mol. The lowest BCUT2D eigenvalue weighted by Crippen LogP contribution is -2.58. The van der Waals surface area contributed by atoms with Crippen molar-refractivity contribution < 1.29 is 14.4 Å². The van der Waals surface area contributed by atoms with E-state index in [-0.39, 0.29) is 17.9 Å². The van der Waals surface area contributed by atoms with Crippen molar-refractivity contribution in [3.63, 3.8) is 0 Å². The van der Waals surface area contributed by atoms with E-state index in [1.807, 2.05) is 12.2 Å². The molecule has 0 spiro atoms. The average molecular weight is 335 g/mol.